The van der Waals surface area contributed by atoms with Crippen LogP contribution in [0, 0.1) is 12.8 Å². The van der Waals surface area contributed by atoms with Crippen molar-refractivity contribution in [2.24, 2.45) is 5.92 Å². The number of aryl methyl sites for hydroxylation is 1. The van der Waals surface area contributed by atoms with Crippen LogP contribution in [0.25, 0.3) is 0 Å². The fourth-order valence-electron chi connectivity index (χ4n) is 3.37. The lowest BCUT2D eigenvalue weighted by Gasteiger charge is -2.18. The van der Waals surface area contributed by atoms with Gasteiger partial charge in [-0.2, -0.15) is 0 Å². The predicted octanol–water partition coefficient (Wildman–Crippen LogP) is 4.52. The van der Waals surface area contributed by atoms with Gasteiger partial charge in [-0.15, -0.1) is 0 Å². The first-order valence-corrected chi connectivity index (χ1v) is 9.24. The number of fused-ring (bicyclic) bond motifs is 1. The van der Waals surface area contributed by atoms with Crippen LogP contribution in [-0.2, 0) is 9.47 Å². The largest absolute Gasteiger partial charge is 0.494 e. The van der Waals surface area contributed by atoms with Crippen LogP contribution in [0.15, 0.2) is 24.3 Å². The quantitative estimate of drug-likeness (QED) is 0.469. The number of unbranched alkanes of at least 4 members (excludes halogenated alkanes) is 3. The average Bonchev–Trinajstić information content (AvgIpc) is 3.33. The maximum absolute atomic E-state index is 5.84. The summed E-state index contributed by atoms with van der Waals surface area (Å²) < 4.78 is 17.1. The molecule has 2 aliphatic rings. The van der Waals surface area contributed by atoms with Crippen molar-refractivity contribution in [3.8, 4) is 5.75 Å². The van der Waals surface area contributed by atoms with E-state index in [9.17, 15) is 0 Å². The van der Waals surface area contributed by atoms with E-state index in [2.05, 4.69) is 19.1 Å². The molecule has 3 rings (SSSR count). The molecule has 1 aromatic carbocycles. The van der Waals surface area contributed by atoms with Crippen molar-refractivity contribution in [1.29, 1.82) is 0 Å². The topological polar surface area (TPSA) is 31.0 Å². The first kappa shape index (κ1) is 16.8. The third-order valence-corrected chi connectivity index (χ3v) is 4.94. The second kappa shape index (κ2) is 8.70. The van der Waals surface area contributed by atoms with E-state index in [0.717, 1.165) is 37.9 Å². The van der Waals surface area contributed by atoms with Crippen molar-refractivity contribution in [3.63, 3.8) is 0 Å². The van der Waals surface area contributed by atoms with E-state index in [4.69, 9.17) is 14.2 Å². The summed E-state index contributed by atoms with van der Waals surface area (Å²) in [6.07, 6.45) is 9.68. The predicted molar refractivity (Wildman–Crippen MR) is 92.0 cm³/mol. The molecule has 3 nitrogen and oxygen atoms in total. The third kappa shape index (κ3) is 5.82. The van der Waals surface area contributed by atoms with Crippen LogP contribution >= 0.6 is 0 Å². The molecule has 23 heavy (non-hydrogen) atoms. The first-order valence-electron chi connectivity index (χ1n) is 9.24. The maximum atomic E-state index is 5.84. The number of hydrogen-bond acceptors (Lipinski definition) is 3. The monoisotopic (exact) mass is 318 g/mol. The van der Waals surface area contributed by atoms with E-state index in [1.807, 2.05) is 12.1 Å². The van der Waals surface area contributed by atoms with Crippen molar-refractivity contribution in [2.45, 2.75) is 64.1 Å². The van der Waals surface area contributed by atoms with Gasteiger partial charge < -0.3 is 14.2 Å². The Hall–Kier alpha value is -1.06. The van der Waals surface area contributed by atoms with Crippen LogP contribution < -0.4 is 4.74 Å². The van der Waals surface area contributed by atoms with Gasteiger partial charge in [0.25, 0.3) is 0 Å². The van der Waals surface area contributed by atoms with Gasteiger partial charge in [-0.1, -0.05) is 24.1 Å². The highest BCUT2D eigenvalue weighted by atomic mass is 16.6. The average molecular weight is 318 g/mol. The van der Waals surface area contributed by atoms with Gasteiger partial charge in [-0.3, -0.25) is 0 Å². The zero-order chi connectivity index (χ0) is 15.9. The number of epoxide rings is 1. The van der Waals surface area contributed by atoms with Gasteiger partial charge in [0.15, 0.2) is 0 Å². The van der Waals surface area contributed by atoms with E-state index < -0.39 is 0 Å². The number of ether oxygens (including phenoxy) is 3. The third-order valence-electron chi connectivity index (χ3n) is 4.94. The lowest BCUT2D eigenvalue weighted by Crippen LogP contribution is -2.18. The Morgan fingerprint density at radius 1 is 0.957 bits per heavy atom. The maximum Gasteiger partial charge on any atom is 0.119 e. The smallest absolute Gasteiger partial charge is 0.119 e. The van der Waals surface area contributed by atoms with Crippen molar-refractivity contribution in [2.75, 3.05) is 19.8 Å². The highest BCUT2D eigenvalue weighted by Gasteiger charge is 2.43. The molecule has 2 fully saturated rings. The molecule has 0 N–H and O–H groups in total. The fourth-order valence-corrected chi connectivity index (χ4v) is 3.37. The van der Waals surface area contributed by atoms with Crippen molar-refractivity contribution < 1.29 is 14.2 Å². The van der Waals surface area contributed by atoms with Gasteiger partial charge in [0, 0.05) is 13.2 Å². The Morgan fingerprint density at radius 3 is 2.52 bits per heavy atom. The molecule has 1 aliphatic heterocycles. The summed E-state index contributed by atoms with van der Waals surface area (Å²) in [6.45, 7) is 4.75. The number of hydrogen-bond donors (Lipinski definition) is 0. The molecule has 3 unspecified atom stereocenters. The highest BCUT2D eigenvalue weighted by molar-refractivity contribution is 5.26. The van der Waals surface area contributed by atoms with Gasteiger partial charge in [-0.25, -0.2) is 0 Å². The second-order valence-electron chi connectivity index (χ2n) is 7.04. The lowest BCUT2D eigenvalue weighted by atomic mass is 9.90. The molecule has 3 heteroatoms. The molecule has 0 radical (unpaired) electrons. The minimum Gasteiger partial charge on any atom is -0.494 e. The summed E-state index contributed by atoms with van der Waals surface area (Å²) in [5.74, 6) is 1.72. The minimum absolute atomic E-state index is 0.575. The van der Waals surface area contributed by atoms with Crippen LogP contribution in [0.5, 0.6) is 5.75 Å². The summed E-state index contributed by atoms with van der Waals surface area (Å²) in [4.78, 5) is 0. The standard InChI is InChI=1S/C20H30O3/c1-16-6-9-18(10-7-16)22-13-5-3-2-4-12-21-15-17-8-11-19-20(14-17)23-19/h6-7,9-10,17,19-20H,2-5,8,11-15H2,1H3. The Labute approximate surface area is 140 Å². The molecular formula is C20H30O3. The Bertz CT molecular complexity index is 456. The van der Waals surface area contributed by atoms with Gasteiger partial charge in [-0.05, 0) is 63.5 Å². The van der Waals surface area contributed by atoms with Crippen LogP contribution in [0.3, 0.4) is 0 Å². The van der Waals surface area contributed by atoms with E-state index >= 15 is 0 Å². The van der Waals surface area contributed by atoms with Gasteiger partial charge in [0.2, 0.25) is 0 Å². The van der Waals surface area contributed by atoms with Crippen LogP contribution in [-0.4, -0.2) is 32.0 Å². The molecule has 1 heterocycles. The Balaban J connectivity index is 1.12. The zero-order valence-corrected chi connectivity index (χ0v) is 14.3. The summed E-state index contributed by atoms with van der Waals surface area (Å²) in [6, 6.07) is 8.27. The van der Waals surface area contributed by atoms with E-state index in [0.29, 0.717) is 12.2 Å². The molecule has 3 atom stereocenters. The molecule has 0 amide bonds. The highest BCUT2D eigenvalue weighted by Crippen LogP contribution is 2.39. The molecule has 1 aliphatic carbocycles. The molecule has 0 bridgehead atoms. The number of benzene rings is 1. The Kier molecular flexibility index (Phi) is 6.35. The normalized spacial score (nSPS) is 25.9. The van der Waals surface area contributed by atoms with Crippen LogP contribution in [0.1, 0.15) is 50.5 Å². The summed E-state index contributed by atoms with van der Waals surface area (Å²) in [7, 11) is 0. The van der Waals surface area contributed by atoms with Crippen molar-refractivity contribution in [3.05, 3.63) is 29.8 Å². The molecule has 1 saturated heterocycles. The summed E-state index contributed by atoms with van der Waals surface area (Å²) in [5.41, 5.74) is 1.27. The van der Waals surface area contributed by atoms with Crippen molar-refractivity contribution in [1.82, 2.24) is 0 Å². The van der Waals surface area contributed by atoms with Crippen LogP contribution in [0.2, 0.25) is 0 Å². The van der Waals surface area contributed by atoms with Gasteiger partial charge in [0.05, 0.1) is 18.8 Å². The molecule has 128 valence electrons. The fraction of sp³-hybridized carbons (Fsp3) is 0.700. The summed E-state index contributed by atoms with van der Waals surface area (Å²) >= 11 is 0. The van der Waals surface area contributed by atoms with Gasteiger partial charge in [0.1, 0.15) is 5.75 Å². The molecule has 0 aromatic heterocycles. The molecular weight excluding hydrogens is 288 g/mol. The minimum atomic E-state index is 0.575. The molecule has 1 aromatic rings. The lowest BCUT2D eigenvalue weighted by molar-refractivity contribution is 0.0850. The first-order chi connectivity index (χ1) is 11.3. The SMILES string of the molecule is Cc1ccc(OCCCCCCOCC2CCC3OC3C2)cc1. The Morgan fingerprint density at radius 2 is 1.74 bits per heavy atom. The number of rotatable bonds is 10. The molecule has 0 spiro atoms. The molecule has 1 saturated carbocycles. The van der Waals surface area contributed by atoms with Crippen LogP contribution in [0.4, 0.5) is 0 Å². The van der Waals surface area contributed by atoms with E-state index in [1.165, 1.54) is 44.1 Å². The second-order valence-corrected chi connectivity index (χ2v) is 7.04. The zero-order valence-electron chi connectivity index (χ0n) is 14.3. The van der Waals surface area contributed by atoms with Gasteiger partial charge >= 0.3 is 0 Å². The van der Waals surface area contributed by atoms with E-state index in [1.54, 1.807) is 0 Å². The van der Waals surface area contributed by atoms with Crippen molar-refractivity contribution >= 4 is 0 Å². The van der Waals surface area contributed by atoms with E-state index in [-0.39, 0.29) is 0 Å². The summed E-state index contributed by atoms with van der Waals surface area (Å²) in [5, 5.41) is 0.